The van der Waals surface area contributed by atoms with Gasteiger partial charge in [0.25, 0.3) is 17.7 Å². The van der Waals surface area contributed by atoms with Gasteiger partial charge in [-0.1, -0.05) is 42.5 Å². The van der Waals surface area contributed by atoms with Gasteiger partial charge in [-0.05, 0) is 116 Å². The van der Waals surface area contributed by atoms with Crippen LogP contribution >= 0.6 is 0 Å². The Morgan fingerprint density at radius 2 is 1.62 bits per heavy atom. The van der Waals surface area contributed by atoms with Crippen LogP contribution in [0, 0.1) is 0 Å². The van der Waals surface area contributed by atoms with Crippen molar-refractivity contribution in [1.82, 2.24) is 20.2 Å². The molecule has 1 aliphatic heterocycles. The van der Waals surface area contributed by atoms with E-state index in [1.165, 1.54) is 17.5 Å². The highest BCUT2D eigenvalue weighted by atomic mass is 16.5. The SMILES string of the molecule is O=C(O)CCOCCNC(=O)c1cccc2c1ccn2Cc1cccc(C(=O)Nc2ccc(N3CCCCC3)cc2-c2cc(C(=O)NC3CCCc4ccccc43)ccn2)c1. The lowest BCUT2D eigenvalue weighted by molar-refractivity contribution is -0.138. The van der Waals surface area contributed by atoms with Crippen LogP contribution in [0.4, 0.5) is 11.4 Å². The van der Waals surface area contributed by atoms with Gasteiger partial charge in [0.2, 0.25) is 0 Å². The number of anilines is 2. The van der Waals surface area contributed by atoms with E-state index in [4.69, 9.17) is 14.8 Å². The van der Waals surface area contributed by atoms with E-state index < -0.39 is 5.97 Å². The number of carboxylic acids is 1. The lowest BCUT2D eigenvalue weighted by atomic mass is 9.87. The number of pyridine rings is 1. The maximum Gasteiger partial charge on any atom is 0.305 e. The van der Waals surface area contributed by atoms with Crippen molar-refractivity contribution >= 4 is 46.0 Å². The molecule has 12 heteroatoms. The molecule has 12 nitrogen and oxygen atoms in total. The van der Waals surface area contributed by atoms with E-state index in [1.54, 1.807) is 24.4 Å². The van der Waals surface area contributed by atoms with Gasteiger partial charge in [-0.15, -0.1) is 0 Å². The second-order valence-corrected chi connectivity index (χ2v) is 15.7. The highest BCUT2D eigenvalue weighted by Crippen LogP contribution is 2.34. The number of nitrogens with one attached hydrogen (secondary N) is 3. The Hall–Kier alpha value is -6.79. The maximum absolute atomic E-state index is 14.1. The summed E-state index contributed by atoms with van der Waals surface area (Å²) < 4.78 is 7.34. The monoisotopic (exact) mass is 818 g/mol. The fourth-order valence-electron chi connectivity index (χ4n) is 8.42. The number of aryl methyl sites for hydroxylation is 1. The first-order chi connectivity index (χ1) is 29.8. The van der Waals surface area contributed by atoms with Gasteiger partial charge in [0, 0.05) is 77.4 Å². The van der Waals surface area contributed by atoms with Gasteiger partial charge in [0.15, 0.2) is 0 Å². The quantitative estimate of drug-likeness (QED) is 0.0760. The van der Waals surface area contributed by atoms with Gasteiger partial charge in [0.1, 0.15) is 0 Å². The van der Waals surface area contributed by atoms with E-state index in [-0.39, 0.29) is 49.9 Å². The lowest BCUT2D eigenvalue weighted by Gasteiger charge is -2.29. The molecule has 0 saturated carbocycles. The van der Waals surface area contributed by atoms with Crippen LogP contribution in [0.1, 0.15) is 92.3 Å². The molecule has 1 unspecified atom stereocenters. The molecule has 2 aromatic heterocycles. The number of carbonyl (C=O) groups excluding carboxylic acids is 3. The number of carbonyl (C=O) groups is 4. The van der Waals surface area contributed by atoms with Crippen LogP contribution in [0.25, 0.3) is 22.2 Å². The number of benzene rings is 4. The first-order valence-electron chi connectivity index (χ1n) is 21.1. The molecule has 3 amide bonds. The fourth-order valence-corrected chi connectivity index (χ4v) is 8.42. The normalized spacial score (nSPS) is 14.9. The van der Waals surface area contributed by atoms with Crippen molar-refractivity contribution in [3.63, 3.8) is 0 Å². The molecule has 0 spiro atoms. The highest BCUT2D eigenvalue weighted by molar-refractivity contribution is 6.07. The van der Waals surface area contributed by atoms with Crippen LogP contribution < -0.4 is 20.9 Å². The number of hydrogen-bond acceptors (Lipinski definition) is 7. The van der Waals surface area contributed by atoms with Crippen molar-refractivity contribution in [2.75, 3.05) is 43.1 Å². The molecule has 8 rings (SSSR count). The van der Waals surface area contributed by atoms with Crippen LogP contribution in [-0.4, -0.2) is 71.2 Å². The van der Waals surface area contributed by atoms with Gasteiger partial charge in [-0.25, -0.2) is 0 Å². The molecule has 0 radical (unpaired) electrons. The molecule has 6 aromatic rings. The summed E-state index contributed by atoms with van der Waals surface area (Å²) in [5.74, 6) is -1.62. The third kappa shape index (κ3) is 9.82. The van der Waals surface area contributed by atoms with E-state index in [0.717, 1.165) is 72.9 Å². The van der Waals surface area contributed by atoms with Crippen molar-refractivity contribution in [1.29, 1.82) is 0 Å². The number of hydrogen-bond donors (Lipinski definition) is 4. The summed E-state index contributed by atoms with van der Waals surface area (Å²) in [7, 11) is 0. The second kappa shape index (κ2) is 19.1. The molecule has 1 atom stereocenters. The molecule has 3 heterocycles. The first kappa shape index (κ1) is 41.0. The van der Waals surface area contributed by atoms with Crippen molar-refractivity contribution in [2.45, 2.75) is 57.5 Å². The third-order valence-electron chi connectivity index (χ3n) is 11.5. The van der Waals surface area contributed by atoms with Crippen molar-refractivity contribution < 1.29 is 29.0 Å². The minimum Gasteiger partial charge on any atom is -0.481 e. The van der Waals surface area contributed by atoms with E-state index in [2.05, 4.69) is 39.0 Å². The van der Waals surface area contributed by atoms with Gasteiger partial charge in [-0.2, -0.15) is 0 Å². The van der Waals surface area contributed by atoms with Crippen LogP contribution in [0.2, 0.25) is 0 Å². The minimum atomic E-state index is -0.932. The predicted octanol–water partition coefficient (Wildman–Crippen LogP) is 8.02. The van der Waals surface area contributed by atoms with Gasteiger partial charge in [0.05, 0.1) is 37.1 Å². The van der Waals surface area contributed by atoms with E-state index in [9.17, 15) is 19.2 Å². The number of carboxylic acid groups (broad SMARTS) is 1. The molecule has 1 saturated heterocycles. The molecular formula is C49H50N6O6. The maximum atomic E-state index is 14.1. The topological polar surface area (TPSA) is 155 Å². The molecule has 1 aliphatic carbocycles. The van der Waals surface area contributed by atoms with E-state index >= 15 is 0 Å². The van der Waals surface area contributed by atoms with Gasteiger partial charge in [-0.3, -0.25) is 24.2 Å². The van der Waals surface area contributed by atoms with Crippen molar-refractivity contribution in [3.8, 4) is 11.3 Å². The number of piperidine rings is 1. The first-order valence-corrected chi connectivity index (χ1v) is 21.1. The molecule has 312 valence electrons. The number of aliphatic carboxylic acids is 1. The number of aromatic nitrogens is 2. The Labute approximate surface area is 355 Å². The van der Waals surface area contributed by atoms with Crippen LogP contribution in [0.5, 0.6) is 0 Å². The van der Waals surface area contributed by atoms with E-state index in [1.807, 2.05) is 77.5 Å². The minimum absolute atomic E-state index is 0.0571. The number of nitrogens with zero attached hydrogens (tertiary/aromatic N) is 3. The summed E-state index contributed by atoms with van der Waals surface area (Å²) in [6, 6.07) is 32.8. The largest absolute Gasteiger partial charge is 0.481 e. The summed E-state index contributed by atoms with van der Waals surface area (Å²) in [5.41, 5.74) is 8.70. The Balaban J connectivity index is 0.992. The summed E-state index contributed by atoms with van der Waals surface area (Å²) >= 11 is 0. The average molecular weight is 819 g/mol. The Kier molecular flexibility index (Phi) is 12.8. The molecular weight excluding hydrogens is 769 g/mol. The Morgan fingerprint density at radius 3 is 2.49 bits per heavy atom. The van der Waals surface area contributed by atoms with Crippen LogP contribution in [0.15, 0.2) is 116 Å². The summed E-state index contributed by atoms with van der Waals surface area (Å²) in [6.45, 7) is 2.93. The molecule has 4 aromatic carbocycles. The highest BCUT2D eigenvalue weighted by Gasteiger charge is 2.23. The summed E-state index contributed by atoms with van der Waals surface area (Å²) in [5, 5.41) is 18.8. The zero-order valence-corrected chi connectivity index (χ0v) is 34.1. The Morgan fingerprint density at radius 1 is 0.787 bits per heavy atom. The summed E-state index contributed by atoms with van der Waals surface area (Å²) in [6.07, 6.45) is 9.85. The number of amides is 3. The zero-order valence-electron chi connectivity index (χ0n) is 34.1. The zero-order chi connectivity index (χ0) is 42.1. The Bertz CT molecular complexity index is 2560. The van der Waals surface area contributed by atoms with E-state index in [0.29, 0.717) is 34.6 Å². The average Bonchev–Trinajstić information content (AvgIpc) is 3.70. The number of rotatable bonds is 15. The molecule has 4 N–H and O–H groups in total. The predicted molar refractivity (Wildman–Crippen MR) is 236 cm³/mol. The standard InChI is InChI=1S/C49H50N6O6/c56-46(57)21-27-61-28-23-51-49(60)40-14-8-16-45-39(40)20-26-55(45)32-33-9-6-12-35(29-33)47(58)53-43-18-17-37(54-24-4-1-5-25-54)31-41(43)44-30-36(19-22-50-44)48(59)52-42-15-7-11-34-10-2-3-13-38(34)42/h2-3,6,8-10,12-14,16-20,22,26,29-31,42H,1,4-5,7,11,15,21,23-25,27-28,32H2,(H,51,60)(H,52,59)(H,53,58)(H,56,57). The van der Waals surface area contributed by atoms with Crippen LogP contribution in [0.3, 0.4) is 0 Å². The van der Waals surface area contributed by atoms with Gasteiger partial charge < -0.3 is 35.3 Å². The van der Waals surface area contributed by atoms with Crippen LogP contribution in [-0.2, 0) is 22.5 Å². The molecule has 0 bridgehead atoms. The second-order valence-electron chi connectivity index (χ2n) is 15.7. The number of ether oxygens (including phenoxy) is 1. The molecule has 1 fully saturated rings. The van der Waals surface area contributed by atoms with Crippen molar-refractivity contribution in [3.05, 3.63) is 149 Å². The summed E-state index contributed by atoms with van der Waals surface area (Å²) in [4.78, 5) is 58.7. The smallest absolute Gasteiger partial charge is 0.305 e. The lowest BCUT2D eigenvalue weighted by Crippen LogP contribution is -2.31. The molecule has 2 aliphatic rings. The van der Waals surface area contributed by atoms with Gasteiger partial charge >= 0.3 is 5.97 Å². The fraction of sp³-hybridized carbons (Fsp3) is 0.286. The third-order valence-corrected chi connectivity index (χ3v) is 11.5. The molecule has 61 heavy (non-hydrogen) atoms. The van der Waals surface area contributed by atoms with Crippen molar-refractivity contribution in [2.24, 2.45) is 0 Å². The number of fused-ring (bicyclic) bond motifs is 2.